The lowest BCUT2D eigenvalue weighted by Crippen LogP contribution is -2.46. The molecule has 0 spiro atoms. The normalized spacial score (nSPS) is 36.5. The van der Waals surface area contributed by atoms with Crippen molar-refractivity contribution in [3.05, 3.63) is 0 Å². The highest BCUT2D eigenvalue weighted by Gasteiger charge is 2.42. The molecule has 3 atom stereocenters. The van der Waals surface area contributed by atoms with Crippen LogP contribution in [-0.2, 0) is 10.0 Å². The minimum absolute atomic E-state index is 0.635. The number of piperidine rings is 1. The maximum absolute atomic E-state index is 11.8. The third kappa shape index (κ3) is 6.21. The van der Waals surface area contributed by atoms with E-state index in [4.69, 9.17) is 5.73 Å². The van der Waals surface area contributed by atoms with Crippen molar-refractivity contribution in [1.29, 1.82) is 0 Å². The first kappa shape index (κ1) is 23.9. The molecular formula is C23H45N5O2S. The minimum Gasteiger partial charge on any atom is -0.329 e. The molecule has 4 aliphatic rings. The van der Waals surface area contributed by atoms with Gasteiger partial charge in [-0.15, -0.1) is 0 Å². The first-order valence-electron chi connectivity index (χ1n) is 12.8. The average molecular weight is 456 g/mol. The van der Waals surface area contributed by atoms with Crippen molar-refractivity contribution in [3.63, 3.8) is 0 Å². The fourth-order valence-electron chi connectivity index (χ4n) is 6.83. The van der Waals surface area contributed by atoms with Gasteiger partial charge in [0.05, 0.1) is 6.26 Å². The molecule has 0 radical (unpaired) electrons. The molecule has 3 unspecified atom stereocenters. The summed E-state index contributed by atoms with van der Waals surface area (Å²) in [5.74, 6) is 3.30. The zero-order chi connectivity index (χ0) is 21.8. The van der Waals surface area contributed by atoms with E-state index in [-0.39, 0.29) is 0 Å². The van der Waals surface area contributed by atoms with Crippen LogP contribution in [0.25, 0.3) is 0 Å². The largest absolute Gasteiger partial charge is 0.329 e. The Morgan fingerprint density at radius 2 is 1.68 bits per heavy atom. The van der Waals surface area contributed by atoms with Crippen LogP contribution < -0.4 is 16.4 Å². The van der Waals surface area contributed by atoms with Gasteiger partial charge in [-0.2, -0.15) is 0 Å². The Hall–Kier alpha value is -0.250. The Bertz CT molecular complexity index is 659. The molecule has 0 amide bonds. The van der Waals surface area contributed by atoms with Crippen molar-refractivity contribution < 1.29 is 8.42 Å². The van der Waals surface area contributed by atoms with Crippen LogP contribution in [-0.4, -0.2) is 81.9 Å². The summed E-state index contributed by atoms with van der Waals surface area (Å²) in [6, 6.07) is 1.36. The molecule has 4 N–H and O–H groups in total. The minimum atomic E-state index is -3.03. The molecule has 8 heteroatoms. The van der Waals surface area contributed by atoms with Crippen LogP contribution in [0.1, 0.15) is 57.8 Å². The molecule has 2 saturated carbocycles. The number of hydrogen-bond acceptors (Lipinski definition) is 6. The number of hydrogen-bond donors (Lipinski definition) is 3. The van der Waals surface area contributed by atoms with Crippen molar-refractivity contribution >= 4 is 10.0 Å². The Morgan fingerprint density at radius 1 is 0.968 bits per heavy atom. The van der Waals surface area contributed by atoms with Gasteiger partial charge in [0.25, 0.3) is 0 Å². The van der Waals surface area contributed by atoms with Crippen LogP contribution in [0, 0.1) is 23.7 Å². The molecule has 0 aromatic heterocycles. The van der Waals surface area contributed by atoms with Gasteiger partial charge in [0, 0.05) is 51.5 Å². The van der Waals surface area contributed by atoms with Crippen molar-refractivity contribution in [3.8, 4) is 0 Å². The van der Waals surface area contributed by atoms with Gasteiger partial charge in [-0.3, -0.25) is 10.2 Å². The van der Waals surface area contributed by atoms with Crippen LogP contribution in [0.5, 0.6) is 0 Å². The van der Waals surface area contributed by atoms with Crippen LogP contribution in [0.15, 0.2) is 0 Å². The lowest BCUT2D eigenvalue weighted by molar-refractivity contribution is 0.0956. The fraction of sp³-hybridized carbons (Fsp3) is 1.00. The van der Waals surface area contributed by atoms with Gasteiger partial charge in [0.1, 0.15) is 0 Å². The van der Waals surface area contributed by atoms with Crippen LogP contribution in [0.4, 0.5) is 0 Å². The second kappa shape index (κ2) is 10.8. The number of fused-ring (bicyclic) bond motifs is 1. The van der Waals surface area contributed by atoms with Gasteiger partial charge >= 0.3 is 0 Å². The third-order valence-electron chi connectivity index (χ3n) is 8.73. The smallest absolute Gasteiger partial charge is 0.211 e. The highest BCUT2D eigenvalue weighted by atomic mass is 32.2. The Kier molecular flexibility index (Phi) is 8.31. The van der Waals surface area contributed by atoms with Crippen LogP contribution in [0.3, 0.4) is 0 Å². The highest BCUT2D eigenvalue weighted by Crippen LogP contribution is 2.42. The zero-order valence-corrected chi connectivity index (χ0v) is 20.3. The molecule has 2 aliphatic carbocycles. The van der Waals surface area contributed by atoms with E-state index >= 15 is 0 Å². The van der Waals surface area contributed by atoms with Crippen molar-refractivity contribution in [2.45, 2.75) is 69.9 Å². The molecule has 31 heavy (non-hydrogen) atoms. The highest BCUT2D eigenvalue weighted by molar-refractivity contribution is 7.88. The first-order chi connectivity index (χ1) is 14.9. The van der Waals surface area contributed by atoms with E-state index in [9.17, 15) is 8.42 Å². The zero-order valence-electron chi connectivity index (χ0n) is 19.5. The lowest BCUT2D eigenvalue weighted by Gasteiger charge is -2.42. The summed E-state index contributed by atoms with van der Waals surface area (Å²) >= 11 is 0. The van der Waals surface area contributed by atoms with Gasteiger partial charge in [-0.25, -0.2) is 12.7 Å². The standard InChI is InChI=1S/C23H45N5O2S/c1-31(29,30)28-12-8-19(9-13-28)16-27-17-26-22-7-6-21(14-23(22)27)20-4-2-18(3-5-20)15-25-11-10-24/h18-23,25-26H,2-17,24H2,1H3. The number of sulfonamides is 1. The van der Waals surface area contributed by atoms with Gasteiger partial charge in [0.15, 0.2) is 0 Å². The van der Waals surface area contributed by atoms with E-state index in [0.717, 1.165) is 63.4 Å². The molecular weight excluding hydrogens is 410 g/mol. The lowest BCUT2D eigenvalue weighted by atomic mass is 9.69. The second-order valence-corrected chi connectivity index (χ2v) is 12.7. The molecule has 2 saturated heterocycles. The van der Waals surface area contributed by atoms with Gasteiger partial charge in [-0.05, 0) is 88.0 Å². The Morgan fingerprint density at radius 3 is 2.35 bits per heavy atom. The van der Waals surface area contributed by atoms with E-state index in [1.807, 2.05) is 0 Å². The fourth-order valence-corrected chi connectivity index (χ4v) is 7.70. The molecule has 4 rings (SSSR count). The van der Waals surface area contributed by atoms with E-state index in [0.29, 0.717) is 31.1 Å². The number of nitrogens with one attached hydrogen (secondary N) is 2. The SMILES string of the molecule is CS(=O)(=O)N1CCC(CN2CNC3CCC(C4CCC(CNCCN)CC4)CC32)CC1. The van der Waals surface area contributed by atoms with Gasteiger partial charge in [-0.1, -0.05) is 0 Å². The molecule has 4 fully saturated rings. The van der Waals surface area contributed by atoms with Crippen molar-refractivity contribution in [2.24, 2.45) is 29.4 Å². The van der Waals surface area contributed by atoms with E-state index in [2.05, 4.69) is 15.5 Å². The third-order valence-corrected chi connectivity index (χ3v) is 10.0. The summed E-state index contributed by atoms with van der Waals surface area (Å²) < 4.78 is 25.2. The van der Waals surface area contributed by atoms with Crippen LogP contribution >= 0.6 is 0 Å². The average Bonchev–Trinajstić information content (AvgIpc) is 3.16. The Balaban J connectivity index is 1.23. The number of rotatable bonds is 8. The summed E-state index contributed by atoms with van der Waals surface area (Å²) in [5, 5.41) is 7.30. The molecule has 0 aromatic rings. The van der Waals surface area contributed by atoms with E-state index < -0.39 is 10.0 Å². The molecule has 180 valence electrons. The molecule has 2 aliphatic heterocycles. The topological polar surface area (TPSA) is 90.7 Å². The molecule has 2 heterocycles. The monoisotopic (exact) mass is 455 g/mol. The summed E-state index contributed by atoms with van der Waals surface area (Å²) in [7, 11) is -3.03. The van der Waals surface area contributed by atoms with Crippen molar-refractivity contribution in [1.82, 2.24) is 19.8 Å². The van der Waals surface area contributed by atoms with E-state index in [1.54, 1.807) is 4.31 Å². The summed E-state index contributed by atoms with van der Waals surface area (Å²) in [5.41, 5.74) is 5.60. The second-order valence-electron chi connectivity index (χ2n) is 10.8. The van der Waals surface area contributed by atoms with Crippen LogP contribution in [0.2, 0.25) is 0 Å². The maximum atomic E-state index is 11.8. The molecule has 0 bridgehead atoms. The predicted octanol–water partition coefficient (Wildman–Crippen LogP) is 1.41. The summed E-state index contributed by atoms with van der Waals surface area (Å²) in [6.07, 6.45) is 13.0. The number of nitrogens with zero attached hydrogens (tertiary/aromatic N) is 2. The summed E-state index contributed by atoms with van der Waals surface area (Å²) in [4.78, 5) is 2.71. The quantitative estimate of drug-likeness (QED) is 0.480. The molecule has 7 nitrogen and oxygen atoms in total. The first-order valence-corrected chi connectivity index (χ1v) is 14.6. The van der Waals surface area contributed by atoms with Crippen molar-refractivity contribution in [2.75, 3.05) is 52.2 Å². The predicted molar refractivity (Wildman–Crippen MR) is 126 cm³/mol. The van der Waals surface area contributed by atoms with E-state index in [1.165, 1.54) is 51.2 Å². The Labute approximate surface area is 189 Å². The number of nitrogens with two attached hydrogens (primary N) is 1. The molecule has 0 aromatic carbocycles. The van der Waals surface area contributed by atoms with Gasteiger partial charge < -0.3 is 11.1 Å². The maximum Gasteiger partial charge on any atom is 0.211 e. The van der Waals surface area contributed by atoms with Gasteiger partial charge in [0.2, 0.25) is 10.0 Å². The summed E-state index contributed by atoms with van der Waals surface area (Å²) in [6.45, 7) is 6.39.